The van der Waals surface area contributed by atoms with Crippen LogP contribution in [0.5, 0.6) is 0 Å². The molecule has 0 unspecified atom stereocenters. The topological polar surface area (TPSA) is 12.0 Å². The molecule has 3 heteroatoms. The number of rotatable bonds is 4. The fourth-order valence-electron chi connectivity index (χ4n) is 1.89. The molecule has 1 N–H and O–H groups in total. The monoisotopic (exact) mass is 229 g/mol. The molecule has 0 amide bonds. The Morgan fingerprint density at radius 3 is 2.79 bits per heavy atom. The second-order valence-corrected chi connectivity index (χ2v) is 6.27. The summed E-state index contributed by atoms with van der Waals surface area (Å²) in [4.78, 5) is 1.33. The molecule has 0 radical (unpaired) electrons. The highest BCUT2D eigenvalue weighted by atomic mass is 35.5. The lowest BCUT2D eigenvalue weighted by atomic mass is 9.70. The summed E-state index contributed by atoms with van der Waals surface area (Å²) in [7, 11) is 0. The zero-order valence-corrected chi connectivity index (χ0v) is 10.0. The van der Waals surface area contributed by atoms with Crippen molar-refractivity contribution < 1.29 is 0 Å². The second kappa shape index (κ2) is 4.21. The van der Waals surface area contributed by atoms with Crippen molar-refractivity contribution in [1.82, 2.24) is 5.32 Å². The van der Waals surface area contributed by atoms with Gasteiger partial charge in [0.2, 0.25) is 0 Å². The Balaban J connectivity index is 1.72. The van der Waals surface area contributed by atoms with Crippen LogP contribution >= 0.6 is 22.9 Å². The van der Waals surface area contributed by atoms with Crippen LogP contribution in [0.2, 0.25) is 4.34 Å². The van der Waals surface area contributed by atoms with Crippen LogP contribution in [0.15, 0.2) is 12.1 Å². The van der Waals surface area contributed by atoms with Crippen LogP contribution in [0.25, 0.3) is 0 Å². The lowest BCUT2D eigenvalue weighted by Gasteiger charge is -2.38. The molecule has 1 nitrogen and oxygen atoms in total. The quantitative estimate of drug-likeness (QED) is 0.831. The molecule has 14 heavy (non-hydrogen) atoms. The summed E-state index contributed by atoms with van der Waals surface area (Å²) in [6, 6.07) is 4.07. The Morgan fingerprint density at radius 1 is 1.50 bits per heavy atom. The fourth-order valence-corrected chi connectivity index (χ4v) is 2.95. The zero-order chi connectivity index (χ0) is 10.0. The van der Waals surface area contributed by atoms with Crippen molar-refractivity contribution in [3.63, 3.8) is 0 Å². The third kappa shape index (κ3) is 2.50. The maximum absolute atomic E-state index is 5.86. The van der Waals surface area contributed by atoms with Crippen molar-refractivity contribution in [3.8, 4) is 0 Å². The maximum atomic E-state index is 5.86. The van der Waals surface area contributed by atoms with Gasteiger partial charge in [0.25, 0.3) is 0 Å². The zero-order valence-electron chi connectivity index (χ0n) is 8.48. The highest BCUT2D eigenvalue weighted by Crippen LogP contribution is 2.39. The molecule has 1 heterocycles. The van der Waals surface area contributed by atoms with Gasteiger partial charge < -0.3 is 5.32 Å². The van der Waals surface area contributed by atoms with Gasteiger partial charge in [-0.15, -0.1) is 11.3 Å². The van der Waals surface area contributed by atoms with Gasteiger partial charge in [0.05, 0.1) is 4.34 Å². The van der Waals surface area contributed by atoms with E-state index in [-0.39, 0.29) is 0 Å². The van der Waals surface area contributed by atoms with Gasteiger partial charge >= 0.3 is 0 Å². The molecule has 1 fully saturated rings. The number of hydrogen-bond donors (Lipinski definition) is 1. The minimum Gasteiger partial charge on any atom is -0.311 e. The van der Waals surface area contributed by atoms with Crippen molar-refractivity contribution in [2.24, 2.45) is 5.41 Å². The molecule has 0 aliphatic heterocycles. The standard InChI is InChI=1S/C11H16ClNS/c1-11(5-2-6-11)8-13-7-9-3-4-10(12)14-9/h3-4,13H,2,5-8H2,1H3. The van der Waals surface area contributed by atoms with Crippen LogP contribution in [0.4, 0.5) is 0 Å². The summed E-state index contributed by atoms with van der Waals surface area (Å²) in [5.41, 5.74) is 0.570. The van der Waals surface area contributed by atoms with Gasteiger partial charge in [0.1, 0.15) is 0 Å². The highest BCUT2D eigenvalue weighted by Gasteiger charge is 2.30. The van der Waals surface area contributed by atoms with Crippen LogP contribution in [0, 0.1) is 5.41 Å². The first-order valence-electron chi connectivity index (χ1n) is 5.13. The van der Waals surface area contributed by atoms with Crippen molar-refractivity contribution in [2.45, 2.75) is 32.7 Å². The van der Waals surface area contributed by atoms with Crippen molar-refractivity contribution in [3.05, 3.63) is 21.3 Å². The minimum absolute atomic E-state index is 0.570. The molecule has 2 rings (SSSR count). The van der Waals surface area contributed by atoms with Crippen molar-refractivity contribution >= 4 is 22.9 Å². The molecule has 0 bridgehead atoms. The molecular weight excluding hydrogens is 214 g/mol. The smallest absolute Gasteiger partial charge is 0.0931 e. The van der Waals surface area contributed by atoms with E-state index in [4.69, 9.17) is 11.6 Å². The lowest BCUT2D eigenvalue weighted by molar-refractivity contribution is 0.156. The van der Waals surface area contributed by atoms with E-state index in [2.05, 4.69) is 18.3 Å². The van der Waals surface area contributed by atoms with E-state index in [0.29, 0.717) is 5.41 Å². The Morgan fingerprint density at radius 2 is 2.29 bits per heavy atom. The molecule has 1 saturated carbocycles. The van der Waals surface area contributed by atoms with Gasteiger partial charge in [-0.25, -0.2) is 0 Å². The average Bonchev–Trinajstić information content (AvgIpc) is 2.49. The normalized spacial score (nSPS) is 19.3. The maximum Gasteiger partial charge on any atom is 0.0931 e. The molecule has 1 aromatic rings. The van der Waals surface area contributed by atoms with Crippen molar-refractivity contribution in [1.29, 1.82) is 0 Å². The summed E-state index contributed by atoms with van der Waals surface area (Å²) in [5, 5.41) is 3.51. The van der Waals surface area contributed by atoms with Crippen LogP contribution in [0.1, 0.15) is 31.1 Å². The largest absolute Gasteiger partial charge is 0.311 e. The Hall–Kier alpha value is -0.0500. The summed E-state index contributed by atoms with van der Waals surface area (Å²) < 4.78 is 0.886. The van der Waals surface area contributed by atoms with Crippen LogP contribution in [0.3, 0.4) is 0 Å². The molecule has 1 aliphatic carbocycles. The first-order chi connectivity index (χ1) is 6.68. The predicted octanol–water partition coefficient (Wildman–Crippen LogP) is 3.68. The van der Waals surface area contributed by atoms with Gasteiger partial charge in [0.15, 0.2) is 0 Å². The Labute approximate surface area is 94.5 Å². The van der Waals surface area contributed by atoms with Crippen LogP contribution in [-0.2, 0) is 6.54 Å². The van der Waals surface area contributed by atoms with Gasteiger partial charge in [-0.1, -0.05) is 24.9 Å². The predicted molar refractivity (Wildman–Crippen MR) is 63.0 cm³/mol. The van der Waals surface area contributed by atoms with Crippen LogP contribution in [-0.4, -0.2) is 6.54 Å². The molecule has 78 valence electrons. The third-order valence-electron chi connectivity index (χ3n) is 3.04. The molecule has 1 aliphatic rings. The van der Waals surface area contributed by atoms with E-state index in [0.717, 1.165) is 17.4 Å². The summed E-state index contributed by atoms with van der Waals surface area (Å²) in [6.07, 6.45) is 4.17. The number of thiophene rings is 1. The molecule has 0 atom stereocenters. The first-order valence-corrected chi connectivity index (χ1v) is 6.32. The minimum atomic E-state index is 0.570. The van der Waals surface area contributed by atoms with Gasteiger partial charge in [-0.2, -0.15) is 0 Å². The van der Waals surface area contributed by atoms with E-state index < -0.39 is 0 Å². The highest BCUT2D eigenvalue weighted by molar-refractivity contribution is 7.16. The lowest BCUT2D eigenvalue weighted by Crippen LogP contribution is -2.36. The summed E-state index contributed by atoms with van der Waals surface area (Å²) >= 11 is 7.53. The van der Waals surface area contributed by atoms with E-state index in [1.165, 1.54) is 24.1 Å². The molecule has 0 aromatic carbocycles. The number of halogens is 1. The average molecular weight is 230 g/mol. The van der Waals surface area contributed by atoms with Crippen molar-refractivity contribution in [2.75, 3.05) is 6.54 Å². The fraction of sp³-hybridized carbons (Fsp3) is 0.636. The van der Waals surface area contributed by atoms with E-state index >= 15 is 0 Å². The summed E-state index contributed by atoms with van der Waals surface area (Å²) in [5.74, 6) is 0. The Kier molecular flexibility index (Phi) is 3.15. The first kappa shape index (κ1) is 10.5. The Bertz CT molecular complexity index is 304. The summed E-state index contributed by atoms with van der Waals surface area (Å²) in [6.45, 7) is 4.47. The molecule has 0 saturated heterocycles. The van der Waals surface area contributed by atoms with E-state index in [1.807, 2.05) is 6.07 Å². The third-order valence-corrected chi connectivity index (χ3v) is 4.27. The molecule has 0 spiro atoms. The molecule has 1 aromatic heterocycles. The van der Waals surface area contributed by atoms with Gasteiger partial charge in [0, 0.05) is 18.0 Å². The number of nitrogens with one attached hydrogen (secondary N) is 1. The number of hydrogen-bond acceptors (Lipinski definition) is 2. The second-order valence-electron chi connectivity index (χ2n) is 4.47. The van der Waals surface area contributed by atoms with Crippen LogP contribution < -0.4 is 5.32 Å². The SMILES string of the molecule is CC1(CNCc2ccc(Cl)s2)CCC1. The van der Waals surface area contributed by atoms with E-state index in [9.17, 15) is 0 Å². The van der Waals surface area contributed by atoms with E-state index in [1.54, 1.807) is 11.3 Å². The van der Waals surface area contributed by atoms with Gasteiger partial charge in [-0.05, 0) is 30.4 Å². The molecular formula is C11H16ClNS. The van der Waals surface area contributed by atoms with Gasteiger partial charge in [-0.3, -0.25) is 0 Å².